The average Bonchev–Trinajstić information content (AvgIpc) is 2.48. The third kappa shape index (κ3) is 4.63. The summed E-state index contributed by atoms with van der Waals surface area (Å²) in [6.45, 7) is 5.08. The Bertz CT molecular complexity index is 482. The molecule has 5 heteroatoms. The minimum Gasteiger partial charge on any atom is -0.507 e. The third-order valence-electron chi connectivity index (χ3n) is 4.03. The van der Waals surface area contributed by atoms with E-state index < -0.39 is 0 Å². The summed E-state index contributed by atoms with van der Waals surface area (Å²) < 4.78 is 5.09. The summed E-state index contributed by atoms with van der Waals surface area (Å²) in [5, 5.41) is 12.9. The van der Waals surface area contributed by atoms with E-state index in [-0.39, 0.29) is 11.7 Å². The molecule has 0 aromatic heterocycles. The predicted molar refractivity (Wildman–Crippen MR) is 81.3 cm³/mol. The van der Waals surface area contributed by atoms with Crippen LogP contribution >= 0.6 is 0 Å². The number of phenolic OH excluding ortho intramolecular Hbond substituents is 1. The monoisotopic (exact) mass is 292 g/mol. The molecular weight excluding hydrogens is 268 g/mol. The first-order valence-electron chi connectivity index (χ1n) is 7.41. The molecule has 1 aromatic carbocycles. The quantitative estimate of drug-likeness (QED) is 0.868. The van der Waals surface area contributed by atoms with Crippen LogP contribution in [0.3, 0.4) is 0 Å². The number of nitrogens with one attached hydrogen (secondary N) is 1. The Balaban J connectivity index is 1.82. The number of amides is 1. The fraction of sp³-hybridized carbons (Fsp3) is 0.562. The fourth-order valence-electron chi connectivity index (χ4n) is 2.68. The molecule has 1 aliphatic rings. The van der Waals surface area contributed by atoms with Crippen molar-refractivity contribution in [3.63, 3.8) is 0 Å². The fourth-order valence-corrected chi connectivity index (χ4v) is 2.68. The van der Waals surface area contributed by atoms with Gasteiger partial charge in [-0.3, -0.25) is 9.69 Å². The second-order valence-corrected chi connectivity index (χ2v) is 5.65. The summed E-state index contributed by atoms with van der Waals surface area (Å²) in [6.07, 6.45) is 2.16. The highest BCUT2D eigenvalue weighted by molar-refractivity contribution is 5.72. The van der Waals surface area contributed by atoms with Gasteiger partial charge in [-0.1, -0.05) is 6.07 Å². The molecule has 0 atom stereocenters. The number of piperidine rings is 1. The Morgan fingerprint density at radius 1 is 1.43 bits per heavy atom. The van der Waals surface area contributed by atoms with Crippen LogP contribution in [0.5, 0.6) is 11.5 Å². The number of phenols is 1. The van der Waals surface area contributed by atoms with Crippen LogP contribution in [0.25, 0.3) is 0 Å². The molecule has 1 aromatic rings. The molecule has 0 saturated carbocycles. The summed E-state index contributed by atoms with van der Waals surface area (Å²) in [7, 11) is 1.59. The smallest absolute Gasteiger partial charge is 0.216 e. The molecule has 116 valence electrons. The number of carbonyl (C=O) groups excluding carboxylic acids is 1. The van der Waals surface area contributed by atoms with Crippen molar-refractivity contribution in [3.05, 3.63) is 23.8 Å². The van der Waals surface area contributed by atoms with Crippen LogP contribution in [-0.2, 0) is 11.3 Å². The van der Waals surface area contributed by atoms with E-state index in [1.807, 2.05) is 12.1 Å². The summed E-state index contributed by atoms with van der Waals surface area (Å²) in [5.41, 5.74) is 0.927. The average molecular weight is 292 g/mol. The lowest BCUT2D eigenvalue weighted by atomic mass is 9.96. The second kappa shape index (κ2) is 7.31. The van der Waals surface area contributed by atoms with Gasteiger partial charge in [-0.2, -0.15) is 0 Å². The van der Waals surface area contributed by atoms with Gasteiger partial charge < -0.3 is 15.2 Å². The Morgan fingerprint density at radius 2 is 2.14 bits per heavy atom. The lowest BCUT2D eigenvalue weighted by Crippen LogP contribution is -2.37. The SMILES string of the molecule is COc1ccc(CN2CCC(CNC(C)=O)CC2)c(O)c1. The van der Waals surface area contributed by atoms with Crippen molar-refractivity contribution in [1.29, 1.82) is 0 Å². The number of benzene rings is 1. The van der Waals surface area contributed by atoms with Gasteiger partial charge in [0.2, 0.25) is 5.91 Å². The summed E-state index contributed by atoms with van der Waals surface area (Å²) in [6, 6.07) is 5.44. The first-order valence-corrected chi connectivity index (χ1v) is 7.41. The van der Waals surface area contributed by atoms with E-state index in [1.54, 1.807) is 20.1 Å². The molecule has 1 amide bonds. The number of likely N-dealkylation sites (tertiary alicyclic amines) is 1. The van der Waals surface area contributed by atoms with Gasteiger partial charge in [0.1, 0.15) is 11.5 Å². The van der Waals surface area contributed by atoms with Crippen molar-refractivity contribution >= 4 is 5.91 Å². The maximum Gasteiger partial charge on any atom is 0.216 e. The van der Waals surface area contributed by atoms with Crippen LogP contribution in [-0.4, -0.2) is 42.7 Å². The van der Waals surface area contributed by atoms with E-state index in [2.05, 4.69) is 10.2 Å². The maximum absolute atomic E-state index is 10.9. The van der Waals surface area contributed by atoms with E-state index >= 15 is 0 Å². The van der Waals surface area contributed by atoms with Crippen LogP contribution in [0.1, 0.15) is 25.3 Å². The van der Waals surface area contributed by atoms with Crippen LogP contribution in [0.4, 0.5) is 0 Å². The summed E-state index contributed by atoms with van der Waals surface area (Å²) in [5.74, 6) is 1.56. The standard InChI is InChI=1S/C16H24N2O3/c1-12(19)17-10-13-5-7-18(8-6-13)11-14-3-4-15(21-2)9-16(14)20/h3-4,9,13,20H,5-8,10-11H2,1-2H3,(H,17,19). The Labute approximate surface area is 125 Å². The number of hydrogen-bond donors (Lipinski definition) is 2. The number of methoxy groups -OCH3 is 1. The molecule has 1 heterocycles. The zero-order chi connectivity index (χ0) is 15.2. The molecule has 0 bridgehead atoms. The third-order valence-corrected chi connectivity index (χ3v) is 4.03. The van der Waals surface area contributed by atoms with Crippen LogP contribution in [0, 0.1) is 5.92 Å². The number of ether oxygens (including phenoxy) is 1. The van der Waals surface area contributed by atoms with Crippen molar-refractivity contribution in [2.75, 3.05) is 26.7 Å². The Morgan fingerprint density at radius 3 is 2.71 bits per heavy atom. The molecule has 0 aliphatic carbocycles. The van der Waals surface area contributed by atoms with Gasteiger partial charge in [-0.15, -0.1) is 0 Å². The zero-order valence-electron chi connectivity index (χ0n) is 12.8. The summed E-state index contributed by atoms with van der Waals surface area (Å²) >= 11 is 0. The van der Waals surface area contributed by atoms with Crippen molar-refractivity contribution < 1.29 is 14.6 Å². The van der Waals surface area contributed by atoms with E-state index in [4.69, 9.17) is 4.74 Å². The minimum absolute atomic E-state index is 0.0422. The van der Waals surface area contributed by atoms with Crippen molar-refractivity contribution in [2.45, 2.75) is 26.3 Å². The number of aromatic hydroxyl groups is 1. The number of nitrogens with zero attached hydrogens (tertiary/aromatic N) is 1. The first kappa shape index (κ1) is 15.6. The largest absolute Gasteiger partial charge is 0.507 e. The molecule has 1 saturated heterocycles. The van der Waals surface area contributed by atoms with Crippen molar-refractivity contribution in [2.24, 2.45) is 5.92 Å². The van der Waals surface area contributed by atoms with E-state index in [0.29, 0.717) is 11.7 Å². The lowest BCUT2D eigenvalue weighted by molar-refractivity contribution is -0.119. The first-order chi connectivity index (χ1) is 10.1. The van der Waals surface area contributed by atoms with E-state index in [1.165, 1.54) is 0 Å². The zero-order valence-corrected chi connectivity index (χ0v) is 12.8. The van der Waals surface area contributed by atoms with Gasteiger partial charge in [0, 0.05) is 31.6 Å². The van der Waals surface area contributed by atoms with Gasteiger partial charge in [0.15, 0.2) is 0 Å². The highest BCUT2D eigenvalue weighted by Crippen LogP contribution is 2.26. The Kier molecular flexibility index (Phi) is 5.44. The normalized spacial score (nSPS) is 16.7. The van der Waals surface area contributed by atoms with Crippen molar-refractivity contribution in [3.8, 4) is 11.5 Å². The molecular formula is C16H24N2O3. The molecule has 2 rings (SSSR count). The highest BCUT2D eigenvalue weighted by Gasteiger charge is 2.20. The van der Waals surface area contributed by atoms with Crippen LogP contribution in [0.15, 0.2) is 18.2 Å². The van der Waals surface area contributed by atoms with Gasteiger partial charge in [-0.05, 0) is 37.9 Å². The summed E-state index contributed by atoms with van der Waals surface area (Å²) in [4.78, 5) is 13.3. The molecule has 0 radical (unpaired) electrons. The van der Waals surface area contributed by atoms with Gasteiger partial charge >= 0.3 is 0 Å². The second-order valence-electron chi connectivity index (χ2n) is 5.65. The molecule has 0 unspecified atom stereocenters. The van der Waals surface area contributed by atoms with Gasteiger partial charge in [0.05, 0.1) is 7.11 Å². The molecule has 1 aliphatic heterocycles. The number of rotatable bonds is 5. The predicted octanol–water partition coefficient (Wildman–Crippen LogP) is 1.75. The molecule has 1 fully saturated rings. The Hall–Kier alpha value is -1.75. The molecule has 5 nitrogen and oxygen atoms in total. The lowest BCUT2D eigenvalue weighted by Gasteiger charge is -2.32. The van der Waals surface area contributed by atoms with Gasteiger partial charge in [0.25, 0.3) is 0 Å². The topological polar surface area (TPSA) is 61.8 Å². The molecule has 0 spiro atoms. The van der Waals surface area contributed by atoms with E-state index in [0.717, 1.165) is 44.6 Å². The number of hydrogen-bond acceptors (Lipinski definition) is 4. The van der Waals surface area contributed by atoms with Crippen LogP contribution in [0.2, 0.25) is 0 Å². The number of carbonyl (C=O) groups is 1. The maximum atomic E-state index is 10.9. The van der Waals surface area contributed by atoms with Crippen LogP contribution < -0.4 is 10.1 Å². The highest BCUT2D eigenvalue weighted by atomic mass is 16.5. The molecule has 21 heavy (non-hydrogen) atoms. The molecule has 2 N–H and O–H groups in total. The van der Waals surface area contributed by atoms with E-state index in [9.17, 15) is 9.90 Å². The van der Waals surface area contributed by atoms with Gasteiger partial charge in [-0.25, -0.2) is 0 Å². The van der Waals surface area contributed by atoms with Crippen molar-refractivity contribution in [1.82, 2.24) is 10.2 Å². The minimum atomic E-state index is 0.0422.